The molecule has 0 atom stereocenters. The number of H-pyrrole nitrogens is 1. The number of benzene rings is 1. The van der Waals surface area contributed by atoms with E-state index in [0.29, 0.717) is 17.3 Å². The number of methoxy groups -OCH3 is 2. The number of nitrogens with two attached hydrogens (primary N) is 1. The number of tetrazole rings is 1. The van der Waals surface area contributed by atoms with Gasteiger partial charge >= 0.3 is 0 Å². The number of carbonyl (C=O) groups is 1. The third kappa shape index (κ3) is 2.76. The first-order valence-corrected chi connectivity index (χ1v) is 5.67. The lowest BCUT2D eigenvalue weighted by Crippen LogP contribution is -2.24. The molecule has 0 bridgehead atoms. The molecule has 0 saturated heterocycles. The molecule has 1 heterocycles. The van der Waals surface area contributed by atoms with E-state index in [4.69, 9.17) is 15.2 Å². The normalized spacial score (nSPS) is 10.1. The van der Waals surface area contributed by atoms with Gasteiger partial charge in [0.05, 0.1) is 26.3 Å². The Labute approximate surface area is 114 Å². The lowest BCUT2D eigenvalue weighted by molar-refractivity contribution is 0.0950. The van der Waals surface area contributed by atoms with E-state index in [2.05, 4.69) is 25.9 Å². The molecule has 9 heteroatoms. The van der Waals surface area contributed by atoms with Crippen LogP contribution in [0.25, 0.3) is 0 Å². The minimum atomic E-state index is -0.367. The number of aromatic nitrogens is 4. The molecule has 1 amide bonds. The molecule has 106 valence electrons. The van der Waals surface area contributed by atoms with E-state index in [0.717, 1.165) is 0 Å². The second-order valence-electron chi connectivity index (χ2n) is 3.81. The van der Waals surface area contributed by atoms with Gasteiger partial charge in [0.25, 0.3) is 5.91 Å². The summed E-state index contributed by atoms with van der Waals surface area (Å²) in [5.74, 6) is 0.886. The number of aromatic amines is 1. The highest BCUT2D eigenvalue weighted by molar-refractivity contribution is 6.00. The molecule has 0 aliphatic heterocycles. The van der Waals surface area contributed by atoms with Crippen molar-refractivity contribution >= 4 is 11.6 Å². The smallest absolute Gasteiger partial charge is 0.253 e. The van der Waals surface area contributed by atoms with Crippen LogP contribution >= 0.6 is 0 Å². The van der Waals surface area contributed by atoms with E-state index in [9.17, 15) is 4.79 Å². The van der Waals surface area contributed by atoms with E-state index >= 15 is 0 Å². The fourth-order valence-corrected chi connectivity index (χ4v) is 1.60. The number of hydrogen-bond donors (Lipinski definition) is 3. The molecular formula is C11H14N6O3. The average Bonchev–Trinajstić information content (AvgIpc) is 2.97. The van der Waals surface area contributed by atoms with Crippen molar-refractivity contribution in [2.45, 2.75) is 6.54 Å². The van der Waals surface area contributed by atoms with Crippen LogP contribution in [0.5, 0.6) is 11.5 Å². The van der Waals surface area contributed by atoms with Crippen molar-refractivity contribution in [3.8, 4) is 11.5 Å². The van der Waals surface area contributed by atoms with E-state index in [1.54, 1.807) is 0 Å². The summed E-state index contributed by atoms with van der Waals surface area (Å²) in [6.07, 6.45) is 0. The van der Waals surface area contributed by atoms with Crippen molar-refractivity contribution in [2.24, 2.45) is 0 Å². The van der Waals surface area contributed by atoms with Crippen LogP contribution < -0.4 is 20.5 Å². The van der Waals surface area contributed by atoms with Crippen LogP contribution in [0.4, 0.5) is 5.69 Å². The minimum Gasteiger partial charge on any atom is -0.493 e. The van der Waals surface area contributed by atoms with Crippen molar-refractivity contribution in [3.05, 3.63) is 23.5 Å². The number of nitrogens with one attached hydrogen (secondary N) is 2. The molecule has 1 aromatic heterocycles. The zero-order chi connectivity index (χ0) is 14.5. The average molecular weight is 278 g/mol. The van der Waals surface area contributed by atoms with Gasteiger partial charge in [-0.15, -0.1) is 10.2 Å². The Kier molecular flexibility index (Phi) is 3.99. The molecule has 20 heavy (non-hydrogen) atoms. The van der Waals surface area contributed by atoms with Crippen molar-refractivity contribution < 1.29 is 14.3 Å². The zero-order valence-corrected chi connectivity index (χ0v) is 11.0. The standard InChI is InChI=1S/C11H14N6O3/c1-19-8-3-6(7(12)4-9(8)20-2)11(18)13-5-10-14-16-17-15-10/h3-4H,5,12H2,1-2H3,(H,13,18)(H,14,15,16,17). The summed E-state index contributed by atoms with van der Waals surface area (Å²) < 4.78 is 10.2. The molecule has 9 nitrogen and oxygen atoms in total. The summed E-state index contributed by atoms with van der Waals surface area (Å²) >= 11 is 0. The van der Waals surface area contributed by atoms with Crippen LogP contribution in [-0.4, -0.2) is 40.8 Å². The summed E-state index contributed by atoms with van der Waals surface area (Å²) in [7, 11) is 2.97. The second-order valence-corrected chi connectivity index (χ2v) is 3.81. The minimum absolute atomic E-state index is 0.142. The maximum Gasteiger partial charge on any atom is 0.253 e. The maximum atomic E-state index is 12.1. The number of carbonyl (C=O) groups excluding carboxylic acids is 1. The fourth-order valence-electron chi connectivity index (χ4n) is 1.60. The Morgan fingerprint density at radius 1 is 1.35 bits per heavy atom. The maximum absolute atomic E-state index is 12.1. The Hall–Kier alpha value is -2.84. The van der Waals surface area contributed by atoms with Crippen molar-refractivity contribution in [1.82, 2.24) is 25.9 Å². The predicted octanol–water partition coefficient (Wildman–Crippen LogP) is -0.271. The van der Waals surface area contributed by atoms with Crippen LogP contribution in [-0.2, 0) is 6.54 Å². The highest BCUT2D eigenvalue weighted by Gasteiger charge is 2.15. The molecule has 0 fully saturated rings. The molecule has 0 radical (unpaired) electrons. The van der Waals surface area contributed by atoms with Crippen molar-refractivity contribution in [1.29, 1.82) is 0 Å². The van der Waals surface area contributed by atoms with Crippen LogP contribution in [0.15, 0.2) is 12.1 Å². The van der Waals surface area contributed by atoms with E-state index in [1.807, 2.05) is 0 Å². The third-order valence-electron chi connectivity index (χ3n) is 2.60. The second kappa shape index (κ2) is 5.87. The van der Waals surface area contributed by atoms with Gasteiger partial charge < -0.3 is 20.5 Å². The Morgan fingerprint density at radius 2 is 2.05 bits per heavy atom. The number of ether oxygens (including phenoxy) is 2. The van der Waals surface area contributed by atoms with Crippen molar-refractivity contribution in [2.75, 3.05) is 20.0 Å². The molecule has 2 rings (SSSR count). The molecule has 0 saturated carbocycles. The molecule has 0 aliphatic rings. The summed E-state index contributed by atoms with van der Waals surface area (Å²) in [6, 6.07) is 3.04. The van der Waals surface area contributed by atoms with Gasteiger partial charge in [0.15, 0.2) is 17.3 Å². The third-order valence-corrected chi connectivity index (χ3v) is 2.60. The van der Waals surface area contributed by atoms with Gasteiger partial charge in [-0.2, -0.15) is 5.21 Å². The number of nitrogen functional groups attached to an aromatic ring is 1. The fraction of sp³-hybridized carbons (Fsp3) is 0.273. The van der Waals surface area contributed by atoms with Gasteiger partial charge in [-0.05, 0) is 6.07 Å². The number of amides is 1. The summed E-state index contributed by atoms with van der Waals surface area (Å²) in [5.41, 5.74) is 6.39. The molecule has 4 N–H and O–H groups in total. The summed E-state index contributed by atoms with van der Waals surface area (Å²) in [6.45, 7) is 0.142. The van der Waals surface area contributed by atoms with E-state index in [1.165, 1.54) is 26.4 Å². The Balaban J connectivity index is 2.16. The molecule has 0 aliphatic carbocycles. The van der Waals surface area contributed by atoms with Gasteiger partial charge in [0, 0.05) is 11.8 Å². The lowest BCUT2D eigenvalue weighted by atomic mass is 10.1. The summed E-state index contributed by atoms with van der Waals surface area (Å²) in [4.78, 5) is 12.1. The van der Waals surface area contributed by atoms with Crippen LogP contribution in [0.1, 0.15) is 16.2 Å². The van der Waals surface area contributed by atoms with Gasteiger partial charge in [0.1, 0.15) is 0 Å². The molecular weight excluding hydrogens is 264 g/mol. The summed E-state index contributed by atoms with van der Waals surface area (Å²) in [5, 5.41) is 15.8. The van der Waals surface area contributed by atoms with E-state index in [-0.39, 0.29) is 23.7 Å². The van der Waals surface area contributed by atoms with E-state index < -0.39 is 0 Å². The monoisotopic (exact) mass is 278 g/mol. The number of nitrogens with zero attached hydrogens (tertiary/aromatic N) is 3. The first-order chi connectivity index (χ1) is 9.65. The van der Waals surface area contributed by atoms with Gasteiger partial charge in [-0.1, -0.05) is 5.21 Å². The topological polar surface area (TPSA) is 128 Å². The molecule has 1 aromatic carbocycles. The number of hydrogen-bond acceptors (Lipinski definition) is 7. The molecule has 0 spiro atoms. The molecule has 2 aromatic rings. The largest absolute Gasteiger partial charge is 0.493 e. The quantitative estimate of drug-likeness (QED) is 0.642. The van der Waals surface area contributed by atoms with Crippen LogP contribution in [0.3, 0.4) is 0 Å². The van der Waals surface area contributed by atoms with Gasteiger partial charge in [-0.3, -0.25) is 4.79 Å². The Morgan fingerprint density at radius 3 is 2.65 bits per heavy atom. The zero-order valence-electron chi connectivity index (χ0n) is 11.0. The van der Waals surface area contributed by atoms with Gasteiger partial charge in [0.2, 0.25) is 0 Å². The van der Waals surface area contributed by atoms with Crippen molar-refractivity contribution in [3.63, 3.8) is 0 Å². The first-order valence-electron chi connectivity index (χ1n) is 5.67. The highest BCUT2D eigenvalue weighted by atomic mass is 16.5. The first kappa shape index (κ1) is 13.6. The van der Waals surface area contributed by atoms with Crippen LogP contribution in [0, 0.1) is 0 Å². The van der Waals surface area contributed by atoms with Crippen LogP contribution in [0.2, 0.25) is 0 Å². The number of anilines is 1. The van der Waals surface area contributed by atoms with Gasteiger partial charge in [-0.25, -0.2) is 0 Å². The number of rotatable bonds is 5. The lowest BCUT2D eigenvalue weighted by Gasteiger charge is -2.12. The highest BCUT2D eigenvalue weighted by Crippen LogP contribution is 2.31. The molecule has 0 unspecified atom stereocenters. The predicted molar refractivity (Wildman–Crippen MR) is 69.3 cm³/mol. The SMILES string of the molecule is COc1cc(N)c(C(=O)NCc2nn[nH]n2)cc1OC. The Bertz CT molecular complexity index is 598.